The Morgan fingerprint density at radius 1 is 0.281 bits per heavy atom. The molecule has 0 aliphatic heterocycles. The van der Waals surface area contributed by atoms with Gasteiger partial charge in [0.25, 0.3) is 91.1 Å². The van der Waals surface area contributed by atoms with E-state index < -0.39 is 285 Å². The first-order valence-electron chi connectivity index (χ1n) is 38.1. The summed E-state index contributed by atoms with van der Waals surface area (Å²) in [5.74, 6) is -3.71. The van der Waals surface area contributed by atoms with E-state index in [1.54, 1.807) is 4.90 Å². The maximum atomic E-state index is 13.1. The first-order valence-corrected chi connectivity index (χ1v) is 52.2. The number of H-pyrrole nitrogens is 6. The van der Waals surface area contributed by atoms with Crippen LogP contribution in [0.4, 0.5) is 51.2 Å². The lowest BCUT2D eigenvalue weighted by Gasteiger charge is -2.19. The summed E-state index contributed by atoms with van der Waals surface area (Å²) in [6.07, 6.45) is 0. The van der Waals surface area contributed by atoms with E-state index in [0.717, 1.165) is 18.2 Å². The van der Waals surface area contributed by atoms with Gasteiger partial charge in [-0.25, -0.2) is 30.0 Å². The number of fused-ring (bicyclic) bond motifs is 6. The Kier molecular flexibility index (Phi) is 27.2. The van der Waals surface area contributed by atoms with Crippen molar-refractivity contribution in [2.24, 2.45) is 60.6 Å². The summed E-state index contributed by atoms with van der Waals surface area (Å²) >= 11 is 19.5. The number of rotatable bonds is 27. The summed E-state index contributed by atoms with van der Waals surface area (Å²) in [4.78, 5) is 46.7. The number of nitrogens with zero attached hydrogens (tertiary/aromatic N) is 16. The van der Waals surface area contributed by atoms with Crippen LogP contribution in [-0.4, -0.2) is 221 Å². The van der Waals surface area contributed by atoms with Crippen molar-refractivity contribution in [1.29, 1.82) is 0 Å². The molecule has 52 nitrogen and oxygen atoms in total. The van der Waals surface area contributed by atoms with E-state index in [0.29, 0.717) is 54.6 Å². The van der Waals surface area contributed by atoms with Crippen LogP contribution in [0.2, 0.25) is 15.9 Å². The topological polar surface area (TPSA) is 835 Å². The monoisotopic (exact) mass is 2140 g/mol. The van der Waals surface area contributed by atoms with Crippen LogP contribution in [0.15, 0.2) is 268 Å². The highest BCUT2D eigenvalue weighted by Crippen LogP contribution is 2.51. The van der Waals surface area contributed by atoms with E-state index in [-0.39, 0.29) is 71.6 Å². The van der Waals surface area contributed by atoms with E-state index >= 15 is 0 Å². The molecule has 3 heterocycles. The van der Waals surface area contributed by atoms with Gasteiger partial charge in [0.2, 0.25) is 49.6 Å². The molecule has 0 aliphatic carbocycles. The van der Waals surface area contributed by atoms with Crippen LogP contribution in [0.5, 0.6) is 17.2 Å². The molecule has 0 aliphatic rings. The summed E-state index contributed by atoms with van der Waals surface area (Å²) in [6.45, 7) is -1.66. The van der Waals surface area contributed by atoms with Gasteiger partial charge < -0.3 is 30.3 Å². The third-order valence-electron chi connectivity index (χ3n) is 19.9. The highest BCUT2D eigenvalue weighted by Gasteiger charge is 2.33. The molecule has 722 valence electrons. The van der Waals surface area contributed by atoms with Gasteiger partial charge in [-0.1, -0.05) is 91.0 Å². The highest BCUT2D eigenvalue weighted by molar-refractivity contribution is 7.88. The first kappa shape index (κ1) is 99.7. The van der Waals surface area contributed by atoms with E-state index in [2.05, 4.69) is 105 Å². The molecule has 139 heavy (non-hydrogen) atoms. The molecular weight excluding hydrogens is 2080 g/mol. The van der Waals surface area contributed by atoms with E-state index in [9.17, 15) is 132 Å². The Bertz CT molecular complexity index is 8730. The van der Waals surface area contributed by atoms with Crippen LogP contribution in [-0.2, 0) is 91.1 Å². The number of halogens is 3. The number of hydrogen-bond acceptors (Lipinski definition) is 37. The summed E-state index contributed by atoms with van der Waals surface area (Å²) in [6, 6.07) is 30.1. The van der Waals surface area contributed by atoms with Gasteiger partial charge in [0, 0.05) is 35.8 Å². The van der Waals surface area contributed by atoms with E-state index in [4.69, 9.17) is 34.8 Å². The van der Waals surface area contributed by atoms with Gasteiger partial charge in [-0.15, -0.1) is 30.7 Å². The molecule has 0 radical (unpaired) electrons. The Labute approximate surface area is 792 Å². The third kappa shape index (κ3) is 22.2. The average molecular weight is 2140 g/mol. The minimum atomic E-state index is -5.54. The fourth-order valence-corrected chi connectivity index (χ4v) is 20.7. The van der Waals surface area contributed by atoms with Crippen molar-refractivity contribution < 1.29 is 132 Å². The van der Waals surface area contributed by atoms with Gasteiger partial charge in [-0.3, -0.25) is 60.8 Å². The number of aromatic hydroxyl groups is 3. The van der Waals surface area contributed by atoms with E-state index in [1.807, 2.05) is 0 Å². The lowest BCUT2D eigenvalue weighted by molar-refractivity contribution is 0.295. The standard InChI is InChI=1S/C75H57Cl3N22O30S9/c76-67-85-70(91-73(88-67)82-49-31-40(131(104,105)106)25-37-28-52(134(113,114)115)58(61(101)55(37)49)97-94-46-16-13-34-7-1-4-10-43(34)64(46)137(122,123)124)79-19-22-100(23-20-80-71-86-68(77)89-74(92-71)83-50-32-41(132(107,108)109)26-38-29-53(135(116,117)118)59(62(102)56(38)50)98-95-47-17-14-35-8-2-5-11-44(35)65(47)138(125,126)127)24-21-81-72-87-69(78)90-75(93-72)84-51-33-42(133(110,111)112)27-39-30-54(136(119,120)121)60(63(103)57(39)51)99-96-48-18-15-36-9-3-6-12-45(36)66(48)139(128,129)130/h1-18,25-33,101-103H,19-24H2,(H,104,105,106)(H,107,108,109)(H,110,111,112)(H,113,114,115)(H,116,117,118)(H,119,120,121)(H,122,123,124)(H,125,126,127)(H,128,129,130)(H2,79,82,85,88,91)(H2,80,83,86,89,92)(H2,81,84,87,90,93). The zero-order valence-electron chi connectivity index (χ0n) is 68.5. The molecule has 64 heteroatoms. The lowest BCUT2D eigenvalue weighted by Crippen LogP contribution is -2.35. The van der Waals surface area contributed by atoms with Crippen molar-refractivity contribution in [2.45, 2.75) is 44.1 Å². The quantitative estimate of drug-likeness (QED) is 0.0168. The Balaban J connectivity index is 0.821. The third-order valence-corrected chi connectivity index (χ3v) is 28.3. The largest absolute Gasteiger partial charge is 0.505 e. The van der Waals surface area contributed by atoms with Crippen LogP contribution >= 0.6 is 34.8 Å². The van der Waals surface area contributed by atoms with Gasteiger partial charge in [-0.2, -0.15) is 90.7 Å². The molecule has 18 N–H and O–H groups in total. The van der Waals surface area contributed by atoms with Crippen LogP contribution in [0.3, 0.4) is 0 Å². The SMILES string of the molecule is O=S(=O)(O)c1cc(N=c2[nH]c(Cl)nc(=NCCN(CCN=c3nc(Cl)[nH]c(=Nc4cc(S(=O)(=O)O)cc5cc(S(=O)(=O)O)c(N=Nc6ccc7ccccc7c6S(=O)(=O)O)c(O)c45)[nH]3)CCN=c3nc(Cl)[nH]c(=Nc4cc(S(=O)(=O)O)cc5cc(S(=O)(=O)O)c(N=Nc6ccc7ccccc7c6S(=O)(=O)O)c(O)c45)[nH]3)[nH]2)c2c(O)c(N=Nc3ccc4ccccc4c3S(=O)(=O)O)c(S(=O)(=O)O)cc2c1. The Morgan fingerprint density at radius 2 is 0.532 bits per heavy atom. The van der Waals surface area contributed by atoms with Gasteiger partial charge in [0.05, 0.1) is 67.5 Å². The maximum absolute atomic E-state index is 13.1. The molecule has 0 spiro atoms. The second-order valence-electron chi connectivity index (χ2n) is 28.9. The molecular formula is C75H57Cl3N22O30S9. The molecule has 12 aromatic carbocycles. The molecule has 0 amide bonds. The minimum Gasteiger partial charge on any atom is -0.505 e. The first-order chi connectivity index (χ1) is 65.0. The molecule has 0 saturated carbocycles. The number of nitrogens with one attached hydrogen (secondary N) is 6. The molecule has 15 rings (SSSR count). The summed E-state index contributed by atoms with van der Waals surface area (Å²) in [5, 5.41) is 54.4. The smallest absolute Gasteiger partial charge is 0.297 e. The molecule has 3 aromatic heterocycles. The van der Waals surface area contributed by atoms with Gasteiger partial charge in [0.15, 0.2) is 17.2 Å². The number of phenols is 3. The van der Waals surface area contributed by atoms with Crippen molar-refractivity contribution in [3.8, 4) is 17.2 Å². The Hall–Kier alpha value is -13.8. The second kappa shape index (κ2) is 37.9. The number of hydrogen-bond donors (Lipinski definition) is 18. The molecule has 0 bridgehead atoms. The zero-order valence-corrected chi connectivity index (χ0v) is 78.1. The predicted octanol–water partition coefficient (Wildman–Crippen LogP) is 9.40. The molecule has 0 saturated heterocycles. The van der Waals surface area contributed by atoms with Crippen LogP contribution in [0.1, 0.15) is 0 Å². The van der Waals surface area contributed by atoms with Crippen molar-refractivity contribution in [3.63, 3.8) is 0 Å². The molecule has 0 atom stereocenters. The van der Waals surface area contributed by atoms with Crippen molar-refractivity contribution >= 4 is 242 Å². The van der Waals surface area contributed by atoms with E-state index in [1.165, 1.54) is 91.0 Å². The molecule has 0 fully saturated rings. The zero-order chi connectivity index (χ0) is 101. The van der Waals surface area contributed by atoms with Gasteiger partial charge in [-0.05, 0) is 140 Å². The summed E-state index contributed by atoms with van der Waals surface area (Å²) in [5.41, 5.74) is -10.0. The highest BCUT2D eigenvalue weighted by atomic mass is 35.5. The fraction of sp³-hybridized carbons (Fsp3) is 0.0800. The predicted molar refractivity (Wildman–Crippen MR) is 487 cm³/mol. The number of aromatic nitrogens is 9. The average Bonchev–Trinajstić information content (AvgIpc) is 0.707. The summed E-state index contributed by atoms with van der Waals surface area (Å²) < 4.78 is 326. The van der Waals surface area contributed by atoms with Crippen LogP contribution in [0.25, 0.3) is 64.6 Å². The fourth-order valence-electron chi connectivity index (χ4n) is 14.1. The second-order valence-corrected chi connectivity index (χ2v) is 42.5. The summed E-state index contributed by atoms with van der Waals surface area (Å²) in [7, 11) is -48.0. The van der Waals surface area contributed by atoms with Gasteiger partial charge >= 0.3 is 0 Å². The van der Waals surface area contributed by atoms with Crippen molar-refractivity contribution in [1.82, 2.24) is 49.8 Å². The van der Waals surface area contributed by atoms with Crippen LogP contribution < -0.4 is 33.7 Å². The number of azo groups is 3. The minimum absolute atomic E-state index is 0.0885. The molecule has 15 aromatic rings. The van der Waals surface area contributed by atoms with Crippen molar-refractivity contribution in [3.05, 3.63) is 213 Å². The normalized spacial score (nSPS) is 14.1. The van der Waals surface area contributed by atoms with Crippen molar-refractivity contribution in [2.75, 3.05) is 39.3 Å². The maximum Gasteiger partial charge on any atom is 0.297 e. The number of benzene rings is 12. The molecule has 0 unspecified atom stereocenters. The number of aromatic amines is 6. The Morgan fingerprint density at radius 3 is 0.770 bits per heavy atom. The van der Waals surface area contributed by atoms with Gasteiger partial charge in [0.1, 0.15) is 63.5 Å². The van der Waals surface area contributed by atoms with Crippen LogP contribution in [0, 0.1) is 0 Å². The number of phenolic OH excluding ortho intramolecular Hbond substituents is 3. The lowest BCUT2D eigenvalue weighted by atomic mass is 10.1.